The smallest absolute Gasteiger partial charge is 0.266 e. The fourth-order valence-electron chi connectivity index (χ4n) is 2.55. The van der Waals surface area contributed by atoms with Gasteiger partial charge >= 0.3 is 0 Å². The van der Waals surface area contributed by atoms with E-state index in [-0.39, 0.29) is 11.1 Å². The molecule has 0 aromatic carbocycles. The maximum Gasteiger partial charge on any atom is 0.283 e. The predicted octanol–water partition coefficient (Wildman–Crippen LogP) is 0.374. The minimum absolute atomic E-state index is 0.235. The molecule has 6 heteroatoms. The van der Waals surface area contributed by atoms with Gasteiger partial charge < -0.3 is 0 Å². The molecule has 0 aliphatic heterocycles. The van der Waals surface area contributed by atoms with Crippen molar-refractivity contribution in [3.63, 3.8) is 0 Å². The van der Waals surface area contributed by atoms with E-state index in [0.717, 1.165) is 0 Å². The third-order valence-corrected chi connectivity index (χ3v) is 3.25. The Hall–Kier alpha value is -2.24. The number of imidazole rings is 2. The Labute approximate surface area is 102 Å². The summed E-state index contributed by atoms with van der Waals surface area (Å²) in [7, 11) is 0. The number of aromatic nitrogens is 4. The van der Waals surface area contributed by atoms with Gasteiger partial charge in [-0.2, -0.15) is 0 Å². The van der Waals surface area contributed by atoms with Gasteiger partial charge in [-0.15, -0.1) is 0 Å². The quantitative estimate of drug-likeness (QED) is 0.573. The molecule has 0 saturated heterocycles. The lowest BCUT2D eigenvalue weighted by molar-refractivity contribution is 0.944. The van der Waals surface area contributed by atoms with Crippen LogP contribution in [0.15, 0.2) is 9.59 Å². The highest BCUT2D eigenvalue weighted by molar-refractivity contribution is 5.60. The van der Waals surface area contributed by atoms with Gasteiger partial charge in [-0.05, 0) is 27.7 Å². The lowest BCUT2D eigenvalue weighted by Gasteiger charge is -1.99. The van der Waals surface area contributed by atoms with Gasteiger partial charge in [0, 0.05) is 0 Å². The van der Waals surface area contributed by atoms with Crippen LogP contribution in [0.25, 0.3) is 11.0 Å². The lowest BCUT2D eigenvalue weighted by atomic mass is 10.3. The molecule has 18 heavy (non-hydrogen) atoms. The second kappa shape index (κ2) is 3.16. The summed E-state index contributed by atoms with van der Waals surface area (Å²) in [4.78, 5) is 33.3. The summed E-state index contributed by atoms with van der Waals surface area (Å²) in [6.45, 7) is 6.90. The second-order valence-electron chi connectivity index (χ2n) is 4.47. The fourth-order valence-corrected chi connectivity index (χ4v) is 2.55. The number of aryl methyl sites for hydroxylation is 4. The molecule has 3 aromatic heterocycles. The van der Waals surface area contributed by atoms with Crippen molar-refractivity contribution in [2.75, 3.05) is 0 Å². The van der Waals surface area contributed by atoms with E-state index >= 15 is 0 Å². The zero-order valence-electron chi connectivity index (χ0n) is 10.6. The molecular formula is C12H12N4O2. The molecule has 3 rings (SSSR count). The number of hydrogen-bond donors (Lipinski definition) is 0. The van der Waals surface area contributed by atoms with E-state index in [1.54, 1.807) is 27.7 Å². The Balaban J connectivity index is 2.84. The van der Waals surface area contributed by atoms with Crippen LogP contribution in [0, 0.1) is 27.7 Å². The van der Waals surface area contributed by atoms with Crippen LogP contribution in [0.1, 0.15) is 23.0 Å². The van der Waals surface area contributed by atoms with Crippen LogP contribution in [0.4, 0.5) is 0 Å². The van der Waals surface area contributed by atoms with E-state index in [0.29, 0.717) is 34.1 Å². The van der Waals surface area contributed by atoms with E-state index in [9.17, 15) is 9.59 Å². The summed E-state index contributed by atoms with van der Waals surface area (Å²) < 4.78 is 2.75. The van der Waals surface area contributed by atoms with E-state index in [2.05, 4.69) is 9.97 Å². The van der Waals surface area contributed by atoms with Gasteiger partial charge in [0.15, 0.2) is 0 Å². The Morgan fingerprint density at radius 1 is 0.722 bits per heavy atom. The first-order chi connectivity index (χ1) is 8.43. The zero-order chi connectivity index (χ0) is 13.2. The molecule has 0 unspecified atom stereocenters. The molecule has 0 bridgehead atoms. The van der Waals surface area contributed by atoms with Crippen molar-refractivity contribution in [2.24, 2.45) is 0 Å². The first kappa shape index (κ1) is 10.9. The van der Waals surface area contributed by atoms with Crippen molar-refractivity contribution in [3.05, 3.63) is 43.7 Å². The summed E-state index contributed by atoms with van der Waals surface area (Å²) in [5, 5.41) is 0. The van der Waals surface area contributed by atoms with Gasteiger partial charge in [-0.3, -0.25) is 18.4 Å². The number of fused-ring (bicyclic) bond motifs is 2. The number of hydrogen-bond acceptors (Lipinski definition) is 4. The average Bonchev–Trinajstić information content (AvgIpc) is 2.73. The average molecular weight is 244 g/mol. The van der Waals surface area contributed by atoms with Crippen molar-refractivity contribution in [1.29, 1.82) is 0 Å². The van der Waals surface area contributed by atoms with Gasteiger partial charge in [0.05, 0.1) is 11.4 Å². The van der Waals surface area contributed by atoms with Crippen molar-refractivity contribution in [1.82, 2.24) is 18.8 Å². The molecule has 0 fully saturated rings. The highest BCUT2D eigenvalue weighted by Gasteiger charge is 2.19. The maximum atomic E-state index is 12.4. The highest BCUT2D eigenvalue weighted by Crippen LogP contribution is 2.10. The first-order valence-electron chi connectivity index (χ1n) is 5.64. The fraction of sp³-hybridized carbons (Fsp3) is 0.333. The summed E-state index contributed by atoms with van der Waals surface area (Å²) in [5.74, 6) is 1.07. The minimum Gasteiger partial charge on any atom is -0.266 e. The molecule has 6 nitrogen and oxygen atoms in total. The summed E-state index contributed by atoms with van der Waals surface area (Å²) in [6, 6.07) is 0. The van der Waals surface area contributed by atoms with Crippen LogP contribution >= 0.6 is 0 Å². The molecule has 92 valence electrons. The van der Waals surface area contributed by atoms with Crippen molar-refractivity contribution < 1.29 is 0 Å². The largest absolute Gasteiger partial charge is 0.283 e. The van der Waals surface area contributed by atoms with Crippen molar-refractivity contribution in [2.45, 2.75) is 27.7 Å². The Morgan fingerprint density at radius 2 is 1.06 bits per heavy atom. The summed E-state index contributed by atoms with van der Waals surface area (Å²) in [5.41, 5.74) is 1.35. The molecular weight excluding hydrogens is 232 g/mol. The summed E-state index contributed by atoms with van der Waals surface area (Å²) >= 11 is 0. The van der Waals surface area contributed by atoms with E-state index in [1.165, 1.54) is 8.80 Å². The molecule has 0 atom stereocenters. The molecule has 0 aliphatic carbocycles. The summed E-state index contributed by atoms with van der Waals surface area (Å²) in [6.07, 6.45) is 0. The van der Waals surface area contributed by atoms with Gasteiger partial charge in [-0.1, -0.05) is 0 Å². The van der Waals surface area contributed by atoms with Crippen LogP contribution in [-0.2, 0) is 0 Å². The minimum atomic E-state index is -0.235. The molecule has 0 amide bonds. The van der Waals surface area contributed by atoms with Crippen molar-refractivity contribution in [3.8, 4) is 0 Å². The second-order valence-corrected chi connectivity index (χ2v) is 4.47. The van der Waals surface area contributed by atoms with Gasteiger partial charge in [0.25, 0.3) is 11.1 Å². The first-order valence-corrected chi connectivity index (χ1v) is 5.64. The maximum absolute atomic E-state index is 12.4. The standard InChI is InChI=1S/C12H12N4O2/c1-5-9-11(17)16-8(4)14-6(2)10(16)12(18)15(9)7(3)13-5/h1-4H3. The van der Waals surface area contributed by atoms with Crippen molar-refractivity contribution >= 4 is 11.0 Å². The molecule has 0 saturated carbocycles. The third-order valence-electron chi connectivity index (χ3n) is 3.25. The van der Waals surface area contributed by atoms with E-state index in [1.807, 2.05) is 0 Å². The zero-order valence-corrected chi connectivity index (χ0v) is 10.6. The van der Waals surface area contributed by atoms with Crippen LogP contribution in [0.2, 0.25) is 0 Å². The molecule has 0 aliphatic rings. The molecule has 3 heterocycles. The molecule has 0 spiro atoms. The normalized spacial score (nSPS) is 11.8. The monoisotopic (exact) mass is 244 g/mol. The van der Waals surface area contributed by atoms with Crippen LogP contribution < -0.4 is 11.1 Å². The van der Waals surface area contributed by atoms with E-state index in [4.69, 9.17) is 0 Å². The van der Waals surface area contributed by atoms with Crippen LogP contribution in [-0.4, -0.2) is 18.8 Å². The molecule has 0 radical (unpaired) electrons. The molecule has 0 N–H and O–H groups in total. The topological polar surface area (TPSA) is 68.7 Å². The van der Waals surface area contributed by atoms with Gasteiger partial charge in [0.1, 0.15) is 22.7 Å². The van der Waals surface area contributed by atoms with Gasteiger partial charge in [0.2, 0.25) is 0 Å². The Kier molecular flexibility index (Phi) is 1.91. The van der Waals surface area contributed by atoms with E-state index < -0.39 is 0 Å². The number of rotatable bonds is 0. The van der Waals surface area contributed by atoms with Crippen LogP contribution in [0.3, 0.4) is 0 Å². The third kappa shape index (κ3) is 1.07. The lowest BCUT2D eigenvalue weighted by Crippen LogP contribution is -2.27. The van der Waals surface area contributed by atoms with Gasteiger partial charge in [-0.25, -0.2) is 9.97 Å². The Morgan fingerprint density at radius 3 is 1.39 bits per heavy atom. The SMILES string of the molecule is Cc1nc(C)n2c(=O)c3c(C)nc(C)n3c(=O)c12. The Bertz CT molecular complexity index is 764. The number of nitrogens with zero attached hydrogens (tertiary/aromatic N) is 4. The predicted molar refractivity (Wildman–Crippen MR) is 66.6 cm³/mol. The molecule has 3 aromatic rings. The van der Waals surface area contributed by atoms with Crippen LogP contribution in [0.5, 0.6) is 0 Å². The highest BCUT2D eigenvalue weighted by atomic mass is 16.1.